The Labute approximate surface area is 170 Å². The monoisotopic (exact) mass is 396 g/mol. The summed E-state index contributed by atoms with van der Waals surface area (Å²) in [6.45, 7) is 3.73. The lowest BCUT2D eigenvalue weighted by molar-refractivity contribution is -0.124. The van der Waals surface area contributed by atoms with Crippen LogP contribution in [0.5, 0.6) is 0 Å². The number of carbonyl (C=O) groups is 2. The van der Waals surface area contributed by atoms with Crippen LogP contribution in [0.15, 0.2) is 0 Å². The SMILES string of the molecule is CNC.COC(=O)N1CCC(N2CCC(N(C=O)C3CCCCC3)CC2)CC1. The Morgan fingerprint density at radius 3 is 1.96 bits per heavy atom. The van der Waals surface area contributed by atoms with Crippen LogP contribution < -0.4 is 5.32 Å². The molecule has 28 heavy (non-hydrogen) atoms. The number of rotatable bonds is 4. The van der Waals surface area contributed by atoms with Crippen LogP contribution in [-0.2, 0) is 9.53 Å². The third-order valence-corrected chi connectivity index (χ3v) is 6.45. The van der Waals surface area contributed by atoms with Crippen molar-refractivity contribution in [1.82, 2.24) is 20.0 Å². The topological polar surface area (TPSA) is 65.1 Å². The minimum Gasteiger partial charge on any atom is -0.453 e. The first-order chi connectivity index (χ1) is 13.6. The van der Waals surface area contributed by atoms with Gasteiger partial charge in [-0.25, -0.2) is 4.79 Å². The number of nitrogens with one attached hydrogen (secondary N) is 1. The summed E-state index contributed by atoms with van der Waals surface area (Å²) in [6.07, 6.45) is 11.4. The lowest BCUT2D eigenvalue weighted by atomic mass is 9.91. The van der Waals surface area contributed by atoms with Crippen molar-refractivity contribution in [2.24, 2.45) is 0 Å². The summed E-state index contributed by atoms with van der Waals surface area (Å²) < 4.78 is 4.82. The molecule has 0 aromatic carbocycles. The highest BCUT2D eigenvalue weighted by Gasteiger charge is 2.33. The lowest BCUT2D eigenvalue weighted by Gasteiger charge is -2.45. The molecule has 1 N–H and O–H groups in total. The summed E-state index contributed by atoms with van der Waals surface area (Å²) in [6, 6.07) is 1.47. The Morgan fingerprint density at radius 2 is 1.46 bits per heavy atom. The first-order valence-corrected chi connectivity index (χ1v) is 11.0. The van der Waals surface area contributed by atoms with Crippen LogP contribution in [0.1, 0.15) is 57.8 Å². The maximum Gasteiger partial charge on any atom is 0.409 e. The van der Waals surface area contributed by atoms with E-state index in [9.17, 15) is 9.59 Å². The Balaban J connectivity index is 0.000000878. The second-order valence-electron chi connectivity index (χ2n) is 8.30. The fourth-order valence-corrected chi connectivity index (χ4v) is 4.94. The highest BCUT2D eigenvalue weighted by atomic mass is 16.5. The number of likely N-dealkylation sites (tertiary alicyclic amines) is 2. The molecule has 2 amide bonds. The molecule has 0 aromatic rings. The van der Waals surface area contributed by atoms with Gasteiger partial charge in [-0.3, -0.25) is 4.79 Å². The van der Waals surface area contributed by atoms with Crippen LogP contribution in [0.2, 0.25) is 0 Å². The summed E-state index contributed by atoms with van der Waals surface area (Å²) in [5.74, 6) is 0. The second kappa shape index (κ2) is 12.3. The largest absolute Gasteiger partial charge is 0.453 e. The standard InChI is InChI=1S/C19H33N3O3.C2H7N/c1-25-19(24)21-13-7-16(8-14-21)20-11-9-18(10-12-20)22(15-23)17-5-3-2-4-6-17;1-3-2/h15-18H,2-14H2,1H3;3H,1-2H3. The summed E-state index contributed by atoms with van der Waals surface area (Å²) in [5.41, 5.74) is 0. The van der Waals surface area contributed by atoms with Crippen LogP contribution in [0.3, 0.4) is 0 Å². The second-order valence-corrected chi connectivity index (χ2v) is 8.30. The van der Waals surface area contributed by atoms with E-state index in [2.05, 4.69) is 15.1 Å². The molecular weight excluding hydrogens is 356 g/mol. The van der Waals surface area contributed by atoms with Gasteiger partial charge in [0.15, 0.2) is 0 Å². The first kappa shape index (κ1) is 22.9. The van der Waals surface area contributed by atoms with E-state index in [-0.39, 0.29) is 6.09 Å². The van der Waals surface area contributed by atoms with E-state index >= 15 is 0 Å². The van der Waals surface area contributed by atoms with Crippen molar-refractivity contribution in [2.75, 3.05) is 47.4 Å². The van der Waals surface area contributed by atoms with Gasteiger partial charge in [-0.2, -0.15) is 0 Å². The predicted octanol–water partition coefficient (Wildman–Crippen LogP) is 2.31. The maximum absolute atomic E-state index is 11.7. The molecule has 1 saturated carbocycles. The number of hydrogen-bond acceptors (Lipinski definition) is 5. The van der Waals surface area contributed by atoms with Gasteiger partial charge in [0.2, 0.25) is 6.41 Å². The van der Waals surface area contributed by atoms with E-state index < -0.39 is 0 Å². The highest BCUT2D eigenvalue weighted by Crippen LogP contribution is 2.28. The molecule has 0 aromatic heterocycles. The molecule has 7 nitrogen and oxygen atoms in total. The lowest BCUT2D eigenvalue weighted by Crippen LogP contribution is -2.53. The van der Waals surface area contributed by atoms with E-state index in [4.69, 9.17) is 4.74 Å². The van der Waals surface area contributed by atoms with Crippen molar-refractivity contribution < 1.29 is 14.3 Å². The van der Waals surface area contributed by atoms with E-state index in [1.54, 1.807) is 4.90 Å². The average Bonchev–Trinajstić information content (AvgIpc) is 2.76. The molecule has 0 bridgehead atoms. The first-order valence-electron chi connectivity index (χ1n) is 11.0. The molecule has 3 fully saturated rings. The summed E-state index contributed by atoms with van der Waals surface area (Å²) in [7, 11) is 5.20. The van der Waals surface area contributed by atoms with Crippen LogP contribution in [0, 0.1) is 0 Å². The Kier molecular flexibility index (Phi) is 10.1. The molecule has 0 radical (unpaired) electrons. The van der Waals surface area contributed by atoms with Crippen LogP contribution in [0.25, 0.3) is 0 Å². The van der Waals surface area contributed by atoms with Crippen LogP contribution >= 0.6 is 0 Å². The van der Waals surface area contributed by atoms with E-state index in [1.807, 2.05) is 14.1 Å². The number of nitrogens with zero attached hydrogens (tertiary/aromatic N) is 3. The molecule has 7 heteroatoms. The fourth-order valence-electron chi connectivity index (χ4n) is 4.94. The Bertz CT molecular complexity index is 455. The van der Waals surface area contributed by atoms with Crippen molar-refractivity contribution in [2.45, 2.75) is 75.9 Å². The molecule has 3 aliphatic rings. The zero-order valence-corrected chi connectivity index (χ0v) is 18.1. The third-order valence-electron chi connectivity index (χ3n) is 6.45. The minimum atomic E-state index is -0.203. The number of hydrogen-bond donors (Lipinski definition) is 1. The van der Waals surface area contributed by atoms with E-state index in [1.165, 1.54) is 39.2 Å². The highest BCUT2D eigenvalue weighted by molar-refractivity contribution is 5.67. The molecule has 0 unspecified atom stereocenters. The minimum absolute atomic E-state index is 0.203. The normalized spacial score (nSPS) is 22.9. The molecule has 0 spiro atoms. The predicted molar refractivity (Wildman–Crippen MR) is 111 cm³/mol. The van der Waals surface area contributed by atoms with E-state index in [0.29, 0.717) is 18.1 Å². The number of methoxy groups -OCH3 is 1. The zero-order valence-electron chi connectivity index (χ0n) is 18.1. The van der Waals surface area contributed by atoms with Gasteiger partial charge in [0, 0.05) is 44.3 Å². The molecular formula is C21H40N4O3. The number of amides is 2. The molecule has 3 rings (SSSR count). The smallest absolute Gasteiger partial charge is 0.409 e. The zero-order chi connectivity index (χ0) is 20.4. The van der Waals surface area contributed by atoms with E-state index in [0.717, 1.165) is 58.3 Å². The fraction of sp³-hybridized carbons (Fsp3) is 0.905. The van der Waals surface area contributed by atoms with Crippen molar-refractivity contribution in [3.05, 3.63) is 0 Å². The van der Waals surface area contributed by atoms with Crippen molar-refractivity contribution in [1.29, 1.82) is 0 Å². The Morgan fingerprint density at radius 1 is 0.929 bits per heavy atom. The molecule has 2 heterocycles. The van der Waals surface area contributed by atoms with Gasteiger partial charge < -0.3 is 24.8 Å². The van der Waals surface area contributed by atoms with Gasteiger partial charge in [-0.15, -0.1) is 0 Å². The van der Waals surface area contributed by atoms with Gasteiger partial charge in [0.1, 0.15) is 0 Å². The summed E-state index contributed by atoms with van der Waals surface area (Å²) >= 11 is 0. The maximum atomic E-state index is 11.7. The van der Waals surface area contributed by atoms with Gasteiger partial charge >= 0.3 is 6.09 Å². The quantitative estimate of drug-likeness (QED) is 0.739. The van der Waals surface area contributed by atoms with Crippen molar-refractivity contribution >= 4 is 12.5 Å². The van der Waals surface area contributed by atoms with Crippen molar-refractivity contribution in [3.8, 4) is 0 Å². The van der Waals surface area contributed by atoms with Gasteiger partial charge in [-0.05, 0) is 52.6 Å². The Hall–Kier alpha value is -1.34. The van der Waals surface area contributed by atoms with Gasteiger partial charge in [0.05, 0.1) is 7.11 Å². The molecule has 2 aliphatic heterocycles. The van der Waals surface area contributed by atoms with Gasteiger partial charge in [-0.1, -0.05) is 19.3 Å². The van der Waals surface area contributed by atoms with Gasteiger partial charge in [0.25, 0.3) is 0 Å². The summed E-state index contributed by atoms with van der Waals surface area (Å²) in [5, 5.41) is 2.75. The average molecular weight is 397 g/mol. The van der Waals surface area contributed by atoms with Crippen LogP contribution in [-0.4, -0.2) is 92.7 Å². The number of ether oxygens (including phenoxy) is 1. The molecule has 2 saturated heterocycles. The molecule has 0 atom stereocenters. The molecule has 162 valence electrons. The third kappa shape index (κ3) is 6.34. The van der Waals surface area contributed by atoms with Crippen molar-refractivity contribution in [3.63, 3.8) is 0 Å². The van der Waals surface area contributed by atoms with Crippen LogP contribution in [0.4, 0.5) is 4.79 Å². The molecule has 1 aliphatic carbocycles. The summed E-state index contributed by atoms with van der Waals surface area (Å²) in [4.78, 5) is 29.8. The number of carbonyl (C=O) groups excluding carboxylic acids is 2. The number of piperidine rings is 2.